The molecule has 0 aliphatic carbocycles. The molecule has 0 rings (SSSR count). The van der Waals surface area contributed by atoms with Crippen molar-refractivity contribution in [3.05, 3.63) is 59.3 Å². The van der Waals surface area contributed by atoms with Crippen LogP contribution in [0.4, 0.5) is 0 Å². The van der Waals surface area contributed by atoms with E-state index in [1.807, 2.05) is 6.08 Å². The molecule has 1 nitrogen and oxygen atoms in total. The minimum Gasteiger partial charge on any atom is -0.367 e. The van der Waals surface area contributed by atoms with E-state index in [-0.39, 0.29) is 5.60 Å². The van der Waals surface area contributed by atoms with E-state index in [2.05, 4.69) is 79.3 Å². The summed E-state index contributed by atoms with van der Waals surface area (Å²) < 4.78 is 6.09. The maximum Gasteiger partial charge on any atom is 0.0839 e. The number of rotatable bonds is 13. The van der Waals surface area contributed by atoms with Gasteiger partial charge in [-0.25, -0.2) is 0 Å². The van der Waals surface area contributed by atoms with Crippen LogP contribution in [0.5, 0.6) is 0 Å². The lowest BCUT2D eigenvalue weighted by Crippen LogP contribution is -2.25. The van der Waals surface area contributed by atoms with Crippen LogP contribution in [-0.4, -0.2) is 12.2 Å². The fraction of sp³-hybridized carbons (Fsp3) is 0.600. The Balaban J connectivity index is 4.24. The Bertz CT molecular complexity index is 522. The van der Waals surface area contributed by atoms with Crippen LogP contribution in [-0.2, 0) is 4.74 Å². The fourth-order valence-corrected chi connectivity index (χ4v) is 2.59. The monoisotopic (exact) mass is 358 g/mol. The molecule has 1 unspecified atom stereocenters. The third kappa shape index (κ3) is 13.9. The summed E-state index contributed by atoms with van der Waals surface area (Å²) in [6.07, 6.45) is 17.7. The summed E-state index contributed by atoms with van der Waals surface area (Å²) in [7, 11) is 0. The molecular weight excluding hydrogens is 316 g/mol. The summed E-state index contributed by atoms with van der Waals surface area (Å²) in [5, 5.41) is 0. The molecule has 0 heterocycles. The minimum atomic E-state index is -0.246. The van der Waals surface area contributed by atoms with Crippen molar-refractivity contribution in [1.82, 2.24) is 0 Å². The highest BCUT2D eigenvalue weighted by Gasteiger charge is 2.19. The van der Waals surface area contributed by atoms with Crippen molar-refractivity contribution in [2.45, 2.75) is 92.6 Å². The average Bonchev–Trinajstić information content (AvgIpc) is 2.54. The van der Waals surface area contributed by atoms with E-state index in [9.17, 15) is 0 Å². The Morgan fingerprint density at radius 3 is 1.81 bits per heavy atom. The van der Waals surface area contributed by atoms with Crippen LogP contribution in [0, 0.1) is 0 Å². The molecule has 148 valence electrons. The van der Waals surface area contributed by atoms with E-state index in [1.54, 1.807) is 0 Å². The van der Waals surface area contributed by atoms with Gasteiger partial charge in [0.25, 0.3) is 0 Å². The van der Waals surface area contributed by atoms with Gasteiger partial charge < -0.3 is 4.74 Å². The van der Waals surface area contributed by atoms with Crippen LogP contribution < -0.4 is 0 Å². The number of hydrogen-bond donors (Lipinski definition) is 0. The zero-order chi connectivity index (χ0) is 20.0. The summed E-state index contributed by atoms with van der Waals surface area (Å²) in [5.41, 5.74) is 5.41. The predicted octanol–water partition coefficient (Wildman–Crippen LogP) is 8.11. The highest BCUT2D eigenvalue weighted by molar-refractivity contribution is 5.06. The second-order valence-electron chi connectivity index (χ2n) is 8.11. The Morgan fingerprint density at radius 1 is 0.769 bits per heavy atom. The van der Waals surface area contributed by atoms with Crippen LogP contribution in [0.15, 0.2) is 59.3 Å². The van der Waals surface area contributed by atoms with Gasteiger partial charge in [-0.15, -0.1) is 6.58 Å². The van der Waals surface area contributed by atoms with Gasteiger partial charge in [-0.2, -0.15) is 0 Å². The van der Waals surface area contributed by atoms with Gasteiger partial charge in [-0.1, -0.05) is 52.7 Å². The quantitative estimate of drug-likeness (QED) is 0.302. The topological polar surface area (TPSA) is 9.23 Å². The van der Waals surface area contributed by atoms with E-state index in [4.69, 9.17) is 4.74 Å². The molecular formula is C25H42O. The normalized spacial score (nSPS) is 14.6. The molecule has 26 heavy (non-hydrogen) atoms. The Morgan fingerprint density at radius 2 is 1.27 bits per heavy atom. The summed E-state index contributed by atoms with van der Waals surface area (Å²) in [4.78, 5) is 0. The first-order chi connectivity index (χ1) is 12.2. The van der Waals surface area contributed by atoms with Gasteiger partial charge in [0, 0.05) is 0 Å². The molecule has 0 N–H and O–H groups in total. The van der Waals surface area contributed by atoms with Crippen LogP contribution in [0.25, 0.3) is 0 Å². The zero-order valence-corrected chi connectivity index (χ0v) is 18.5. The van der Waals surface area contributed by atoms with Gasteiger partial charge in [-0.05, 0) is 87.0 Å². The molecule has 0 bridgehead atoms. The van der Waals surface area contributed by atoms with Gasteiger partial charge in [0.15, 0.2) is 0 Å². The minimum absolute atomic E-state index is 0.246. The highest BCUT2D eigenvalue weighted by atomic mass is 16.5. The van der Waals surface area contributed by atoms with E-state index in [0.717, 1.165) is 32.1 Å². The van der Waals surface area contributed by atoms with Crippen molar-refractivity contribution in [3.63, 3.8) is 0 Å². The van der Waals surface area contributed by atoms with E-state index < -0.39 is 0 Å². The number of hydrogen-bond acceptors (Lipinski definition) is 1. The van der Waals surface area contributed by atoms with Gasteiger partial charge in [0.05, 0.1) is 12.2 Å². The first kappa shape index (κ1) is 24.7. The number of ether oxygens (including phenoxy) is 1. The second kappa shape index (κ2) is 13.8. The molecule has 0 aliphatic heterocycles. The van der Waals surface area contributed by atoms with E-state index in [0.29, 0.717) is 6.61 Å². The molecule has 1 heteroatoms. The molecule has 1 atom stereocenters. The molecule has 0 radical (unpaired) electrons. The van der Waals surface area contributed by atoms with Crippen LogP contribution >= 0.6 is 0 Å². The van der Waals surface area contributed by atoms with Crippen molar-refractivity contribution in [2.75, 3.05) is 6.61 Å². The predicted molar refractivity (Wildman–Crippen MR) is 119 cm³/mol. The third-order valence-electron chi connectivity index (χ3n) is 4.59. The maximum absolute atomic E-state index is 6.09. The lowest BCUT2D eigenvalue weighted by molar-refractivity contribution is 0.0177. The van der Waals surface area contributed by atoms with Crippen molar-refractivity contribution < 1.29 is 4.74 Å². The Hall–Kier alpha value is -1.34. The van der Waals surface area contributed by atoms with Gasteiger partial charge in [0.2, 0.25) is 0 Å². The van der Waals surface area contributed by atoms with Gasteiger partial charge in [-0.3, -0.25) is 0 Å². The lowest BCUT2D eigenvalue weighted by atomic mass is 9.99. The molecule has 0 fully saturated rings. The Labute approximate surface area is 163 Å². The van der Waals surface area contributed by atoms with Crippen LogP contribution in [0.3, 0.4) is 0 Å². The molecule has 0 spiro atoms. The molecule has 0 saturated heterocycles. The zero-order valence-electron chi connectivity index (χ0n) is 18.5. The van der Waals surface area contributed by atoms with Crippen molar-refractivity contribution in [2.24, 2.45) is 0 Å². The van der Waals surface area contributed by atoms with Crippen molar-refractivity contribution in [1.29, 1.82) is 0 Å². The summed E-state index contributed by atoms with van der Waals surface area (Å²) in [6.45, 7) is 19.8. The summed E-state index contributed by atoms with van der Waals surface area (Å²) >= 11 is 0. The standard InChI is InChI=1S/C25H42O/c1-9-25(8,19-12-14-22(4)5)26-20-18-24(7)17-11-16-23(6)15-10-13-21(2)3/h9,13-14,16,18H,1,10-12,15,17,19-20H2,2-8H3. The van der Waals surface area contributed by atoms with Crippen molar-refractivity contribution in [3.8, 4) is 0 Å². The van der Waals surface area contributed by atoms with Crippen molar-refractivity contribution >= 4 is 0 Å². The molecule has 0 aliphatic rings. The average molecular weight is 359 g/mol. The second-order valence-corrected chi connectivity index (χ2v) is 8.11. The van der Waals surface area contributed by atoms with Crippen LogP contribution in [0.1, 0.15) is 87.0 Å². The third-order valence-corrected chi connectivity index (χ3v) is 4.59. The molecule has 0 aromatic rings. The van der Waals surface area contributed by atoms with E-state index >= 15 is 0 Å². The maximum atomic E-state index is 6.09. The molecule has 0 aromatic carbocycles. The van der Waals surface area contributed by atoms with Crippen LogP contribution in [0.2, 0.25) is 0 Å². The first-order valence-corrected chi connectivity index (χ1v) is 10.0. The van der Waals surface area contributed by atoms with Gasteiger partial charge in [0.1, 0.15) is 0 Å². The summed E-state index contributed by atoms with van der Waals surface area (Å²) in [5.74, 6) is 0. The highest BCUT2D eigenvalue weighted by Crippen LogP contribution is 2.20. The summed E-state index contributed by atoms with van der Waals surface area (Å²) in [6, 6.07) is 0. The smallest absolute Gasteiger partial charge is 0.0839 e. The lowest BCUT2D eigenvalue weighted by Gasteiger charge is -2.25. The Kier molecular flexibility index (Phi) is 13.1. The number of allylic oxidation sites excluding steroid dienone is 7. The largest absolute Gasteiger partial charge is 0.367 e. The first-order valence-electron chi connectivity index (χ1n) is 10.0. The molecule has 0 aromatic heterocycles. The van der Waals surface area contributed by atoms with Gasteiger partial charge >= 0.3 is 0 Å². The van der Waals surface area contributed by atoms with E-state index in [1.165, 1.54) is 28.7 Å². The SMILES string of the molecule is C=CC(C)(CCC=C(C)C)OCC=C(C)CCC=C(C)CCC=C(C)C. The molecule has 0 saturated carbocycles. The fourth-order valence-electron chi connectivity index (χ4n) is 2.59. The molecule has 0 amide bonds.